The third-order valence-electron chi connectivity index (χ3n) is 1.73. The van der Waals surface area contributed by atoms with Gasteiger partial charge >= 0.3 is 0 Å². The van der Waals surface area contributed by atoms with Crippen molar-refractivity contribution in [3.63, 3.8) is 0 Å². The molecule has 0 bridgehead atoms. The Kier molecular flexibility index (Phi) is 6.99. The van der Waals surface area contributed by atoms with E-state index in [2.05, 4.69) is 24.6 Å². The summed E-state index contributed by atoms with van der Waals surface area (Å²) in [5, 5.41) is 0. The summed E-state index contributed by atoms with van der Waals surface area (Å²) in [5.74, 6) is 0. The molecule has 2 unspecified atom stereocenters. The third kappa shape index (κ3) is 3.25. The Labute approximate surface area is 70.7 Å². The lowest BCUT2D eigenvalue weighted by Gasteiger charge is -2.10. The minimum Gasteiger partial charge on any atom is -0.137 e. The van der Waals surface area contributed by atoms with Crippen LogP contribution in [0.1, 0.15) is 33.6 Å². The molecule has 62 valence electrons. The van der Waals surface area contributed by atoms with Crippen LogP contribution in [0, 0.1) is 0 Å². The van der Waals surface area contributed by atoms with Crippen molar-refractivity contribution < 1.29 is 0 Å². The summed E-state index contributed by atoms with van der Waals surface area (Å²) in [6.07, 6.45) is 6.77. The first kappa shape index (κ1) is 10.8. The highest BCUT2D eigenvalue weighted by atomic mass is 32.7. The zero-order chi connectivity index (χ0) is 7.98. The first-order valence-electron chi connectivity index (χ1n) is 4.15. The van der Waals surface area contributed by atoms with Crippen LogP contribution >= 0.6 is 18.5 Å². The predicted molar refractivity (Wildman–Crippen MR) is 55.3 cm³/mol. The van der Waals surface area contributed by atoms with Crippen LogP contribution in [0.15, 0.2) is 0 Å². The standard InChI is InChI=1S/C6H13PS.C2H6/c1-6-4-3-5-7(6)8-2;1-2/h6H,3-5H2,1-2H3;1-2H3. The molecule has 10 heavy (non-hydrogen) atoms. The second kappa shape index (κ2) is 6.49. The monoisotopic (exact) mass is 178 g/mol. The molecule has 1 rings (SSSR count). The van der Waals surface area contributed by atoms with Gasteiger partial charge in [-0.3, -0.25) is 0 Å². The topological polar surface area (TPSA) is 0 Å². The van der Waals surface area contributed by atoms with Crippen molar-refractivity contribution in [1.82, 2.24) is 0 Å². The van der Waals surface area contributed by atoms with Gasteiger partial charge in [0, 0.05) is 0 Å². The SMILES string of the molecule is CC.CSP1CCCC1C. The first-order valence-corrected chi connectivity index (χ1v) is 7.58. The van der Waals surface area contributed by atoms with Crippen LogP contribution in [0.25, 0.3) is 0 Å². The van der Waals surface area contributed by atoms with Gasteiger partial charge in [-0.15, -0.1) is 11.4 Å². The van der Waals surface area contributed by atoms with Crippen LogP contribution in [-0.2, 0) is 0 Å². The van der Waals surface area contributed by atoms with E-state index in [0.29, 0.717) is 7.12 Å². The Hall–Kier alpha value is 0.780. The molecule has 0 nitrogen and oxygen atoms in total. The second-order valence-electron chi connectivity index (χ2n) is 2.31. The van der Waals surface area contributed by atoms with E-state index in [4.69, 9.17) is 0 Å². The molecule has 1 heterocycles. The minimum absolute atomic E-state index is 0.413. The average Bonchev–Trinajstić information content (AvgIpc) is 2.39. The summed E-state index contributed by atoms with van der Waals surface area (Å²) in [6.45, 7) is 6.40. The summed E-state index contributed by atoms with van der Waals surface area (Å²) in [6, 6.07) is 0. The zero-order valence-electron chi connectivity index (χ0n) is 7.55. The van der Waals surface area contributed by atoms with Gasteiger partial charge < -0.3 is 0 Å². The third-order valence-corrected chi connectivity index (χ3v) is 7.23. The fraction of sp³-hybridized carbons (Fsp3) is 1.00. The Balaban J connectivity index is 0.000000371. The van der Waals surface area contributed by atoms with Gasteiger partial charge in [-0.05, 0) is 38.0 Å². The predicted octanol–water partition coefficient (Wildman–Crippen LogP) is 3.95. The number of hydrogen-bond donors (Lipinski definition) is 0. The van der Waals surface area contributed by atoms with Crippen molar-refractivity contribution in [2.24, 2.45) is 0 Å². The summed E-state index contributed by atoms with van der Waals surface area (Å²) in [4.78, 5) is 0. The lowest BCUT2D eigenvalue weighted by atomic mass is 10.3. The fourth-order valence-electron chi connectivity index (χ4n) is 1.18. The van der Waals surface area contributed by atoms with E-state index in [1.807, 2.05) is 13.8 Å². The molecule has 0 aromatic carbocycles. The largest absolute Gasteiger partial charge is 0.137 e. The number of rotatable bonds is 1. The molecule has 0 aromatic rings. The van der Waals surface area contributed by atoms with Gasteiger partial charge in [0.05, 0.1) is 0 Å². The molecule has 0 saturated carbocycles. The average molecular weight is 178 g/mol. The van der Waals surface area contributed by atoms with Gasteiger partial charge in [-0.2, -0.15) is 0 Å². The van der Waals surface area contributed by atoms with Crippen molar-refractivity contribution in [3.05, 3.63) is 0 Å². The molecule has 1 aliphatic heterocycles. The van der Waals surface area contributed by atoms with Crippen LogP contribution in [0.4, 0.5) is 0 Å². The quantitative estimate of drug-likeness (QED) is 0.548. The fourth-order valence-corrected chi connectivity index (χ4v) is 5.46. The Morgan fingerprint density at radius 1 is 1.40 bits per heavy atom. The lowest BCUT2D eigenvalue weighted by Crippen LogP contribution is -1.86. The molecule has 0 spiro atoms. The number of hydrogen-bond acceptors (Lipinski definition) is 1. The normalized spacial score (nSPS) is 31.2. The van der Waals surface area contributed by atoms with Crippen LogP contribution in [-0.4, -0.2) is 18.1 Å². The van der Waals surface area contributed by atoms with Crippen LogP contribution in [0.2, 0.25) is 0 Å². The molecule has 1 saturated heterocycles. The maximum absolute atomic E-state index is 2.40. The van der Waals surface area contributed by atoms with Gasteiger partial charge in [0.15, 0.2) is 0 Å². The first-order chi connectivity index (χ1) is 4.84. The summed E-state index contributed by atoms with van der Waals surface area (Å²) in [5.41, 5.74) is 1.06. The van der Waals surface area contributed by atoms with Crippen molar-refractivity contribution in [2.45, 2.75) is 39.3 Å². The van der Waals surface area contributed by atoms with Crippen LogP contribution in [0.3, 0.4) is 0 Å². The Morgan fingerprint density at radius 3 is 2.20 bits per heavy atom. The summed E-state index contributed by atoms with van der Waals surface area (Å²) >= 11 is 2.11. The van der Waals surface area contributed by atoms with E-state index in [-0.39, 0.29) is 0 Å². The van der Waals surface area contributed by atoms with Gasteiger partial charge in [0.25, 0.3) is 0 Å². The summed E-state index contributed by atoms with van der Waals surface area (Å²) < 4.78 is 0. The van der Waals surface area contributed by atoms with Crippen molar-refractivity contribution >= 4 is 18.5 Å². The van der Waals surface area contributed by atoms with Crippen molar-refractivity contribution in [3.8, 4) is 0 Å². The van der Waals surface area contributed by atoms with Gasteiger partial charge in [-0.25, -0.2) is 0 Å². The van der Waals surface area contributed by atoms with E-state index in [0.717, 1.165) is 5.66 Å². The van der Waals surface area contributed by atoms with Crippen LogP contribution < -0.4 is 0 Å². The zero-order valence-corrected chi connectivity index (χ0v) is 9.27. The molecule has 0 aromatic heterocycles. The van der Waals surface area contributed by atoms with Crippen LogP contribution in [0.5, 0.6) is 0 Å². The Bertz CT molecular complexity index is 75.7. The van der Waals surface area contributed by atoms with E-state index < -0.39 is 0 Å². The van der Waals surface area contributed by atoms with Crippen molar-refractivity contribution in [2.75, 3.05) is 12.4 Å². The second-order valence-corrected chi connectivity index (χ2v) is 7.35. The van der Waals surface area contributed by atoms with E-state index >= 15 is 0 Å². The molecule has 2 heteroatoms. The Morgan fingerprint density at radius 2 is 2.00 bits per heavy atom. The molecule has 0 aliphatic carbocycles. The maximum Gasteiger partial charge on any atom is -0.0142 e. The smallest absolute Gasteiger partial charge is 0.0142 e. The van der Waals surface area contributed by atoms with Gasteiger partial charge in [-0.1, -0.05) is 20.8 Å². The van der Waals surface area contributed by atoms with E-state index in [1.165, 1.54) is 19.0 Å². The van der Waals surface area contributed by atoms with E-state index in [9.17, 15) is 0 Å². The minimum atomic E-state index is 0.413. The van der Waals surface area contributed by atoms with Gasteiger partial charge in [0.2, 0.25) is 0 Å². The maximum atomic E-state index is 2.40. The molecule has 0 radical (unpaired) electrons. The molecular formula is C8H19PS. The molecule has 2 atom stereocenters. The molecule has 0 N–H and O–H groups in total. The highest BCUT2D eigenvalue weighted by Gasteiger charge is 2.20. The highest BCUT2D eigenvalue weighted by Crippen LogP contribution is 2.58. The lowest BCUT2D eigenvalue weighted by molar-refractivity contribution is 0.836. The molecular weight excluding hydrogens is 159 g/mol. The van der Waals surface area contributed by atoms with Gasteiger partial charge in [0.1, 0.15) is 0 Å². The summed E-state index contributed by atoms with van der Waals surface area (Å²) in [7, 11) is 0.413. The van der Waals surface area contributed by atoms with E-state index in [1.54, 1.807) is 0 Å². The molecule has 1 fully saturated rings. The highest BCUT2D eigenvalue weighted by molar-refractivity contribution is 8.55. The molecule has 1 aliphatic rings. The van der Waals surface area contributed by atoms with Crippen molar-refractivity contribution in [1.29, 1.82) is 0 Å². The molecule has 0 amide bonds.